The van der Waals surface area contributed by atoms with Crippen molar-refractivity contribution in [2.75, 3.05) is 20.3 Å². The van der Waals surface area contributed by atoms with Crippen LogP contribution in [0.3, 0.4) is 0 Å². The van der Waals surface area contributed by atoms with E-state index in [2.05, 4.69) is 20.5 Å². The van der Waals surface area contributed by atoms with E-state index in [9.17, 15) is 4.79 Å². The molecule has 124 valence electrons. The van der Waals surface area contributed by atoms with Gasteiger partial charge in [-0.05, 0) is 26.0 Å². The van der Waals surface area contributed by atoms with E-state index < -0.39 is 0 Å². The highest BCUT2D eigenvalue weighted by Gasteiger charge is 2.20. The van der Waals surface area contributed by atoms with Crippen LogP contribution in [0.1, 0.15) is 13.8 Å². The topological polar surface area (TPSA) is 81.9 Å². The summed E-state index contributed by atoms with van der Waals surface area (Å²) >= 11 is 1.39. The van der Waals surface area contributed by atoms with Gasteiger partial charge in [0.1, 0.15) is 0 Å². The van der Waals surface area contributed by atoms with Crippen LogP contribution in [-0.2, 0) is 16.1 Å². The fourth-order valence-corrected chi connectivity index (χ4v) is 2.90. The van der Waals surface area contributed by atoms with E-state index in [1.54, 1.807) is 19.5 Å². The van der Waals surface area contributed by atoms with Gasteiger partial charge in [-0.3, -0.25) is 14.3 Å². The first-order valence-electron chi connectivity index (χ1n) is 7.44. The molecule has 2 aromatic heterocycles. The minimum atomic E-state index is -0.245. The highest BCUT2D eigenvalue weighted by Crippen LogP contribution is 2.26. The van der Waals surface area contributed by atoms with Gasteiger partial charge in [0.05, 0.1) is 18.4 Å². The maximum atomic E-state index is 11.9. The lowest BCUT2D eigenvalue weighted by Crippen LogP contribution is -2.30. The molecule has 1 N–H and O–H groups in total. The van der Waals surface area contributed by atoms with Crippen molar-refractivity contribution < 1.29 is 9.53 Å². The zero-order valence-electron chi connectivity index (χ0n) is 13.5. The summed E-state index contributed by atoms with van der Waals surface area (Å²) in [7, 11) is 1.65. The van der Waals surface area contributed by atoms with Crippen molar-refractivity contribution in [1.29, 1.82) is 0 Å². The van der Waals surface area contributed by atoms with Gasteiger partial charge in [0.2, 0.25) is 5.91 Å². The summed E-state index contributed by atoms with van der Waals surface area (Å²) in [5.74, 6) is 0.735. The fourth-order valence-electron chi connectivity index (χ4n) is 2.00. The normalized spacial score (nSPS) is 12.1. The Balaban J connectivity index is 2.25. The van der Waals surface area contributed by atoms with E-state index in [1.807, 2.05) is 30.5 Å². The Morgan fingerprint density at radius 1 is 1.39 bits per heavy atom. The molecule has 0 aliphatic rings. The molecule has 1 amide bonds. The second-order valence-electron chi connectivity index (χ2n) is 4.84. The minimum Gasteiger partial charge on any atom is -0.383 e. The van der Waals surface area contributed by atoms with Gasteiger partial charge >= 0.3 is 0 Å². The summed E-state index contributed by atoms with van der Waals surface area (Å²) in [6.07, 6.45) is 3.43. The van der Waals surface area contributed by atoms with Gasteiger partial charge in [-0.25, -0.2) is 0 Å². The molecule has 2 heterocycles. The number of aromatic nitrogens is 4. The van der Waals surface area contributed by atoms with E-state index in [1.165, 1.54) is 11.8 Å². The van der Waals surface area contributed by atoms with Gasteiger partial charge in [-0.15, -0.1) is 10.2 Å². The third kappa shape index (κ3) is 4.52. The molecular formula is C15H21N5O2S. The maximum Gasteiger partial charge on any atom is 0.233 e. The van der Waals surface area contributed by atoms with Gasteiger partial charge in [0.15, 0.2) is 11.0 Å². The van der Waals surface area contributed by atoms with Crippen molar-refractivity contribution in [2.45, 2.75) is 30.8 Å². The quantitative estimate of drug-likeness (QED) is 0.738. The third-order valence-corrected chi connectivity index (χ3v) is 4.26. The van der Waals surface area contributed by atoms with Crippen molar-refractivity contribution in [1.82, 2.24) is 25.1 Å². The molecule has 2 aromatic rings. The van der Waals surface area contributed by atoms with E-state index >= 15 is 0 Å². The third-order valence-electron chi connectivity index (χ3n) is 3.18. The fraction of sp³-hybridized carbons (Fsp3) is 0.467. The largest absolute Gasteiger partial charge is 0.383 e. The number of rotatable bonds is 8. The molecule has 0 saturated heterocycles. The number of ether oxygens (including phenoxy) is 1. The average molecular weight is 335 g/mol. The average Bonchev–Trinajstić information content (AvgIpc) is 2.96. The number of methoxy groups -OCH3 is 1. The Bertz CT molecular complexity index is 632. The number of hydrogen-bond acceptors (Lipinski definition) is 6. The number of amides is 1. The Kier molecular flexibility index (Phi) is 6.54. The second-order valence-corrected chi connectivity index (χ2v) is 6.15. The number of hydrogen-bond donors (Lipinski definition) is 1. The molecule has 0 aliphatic carbocycles. The molecular weight excluding hydrogens is 314 g/mol. The lowest BCUT2D eigenvalue weighted by Gasteiger charge is -2.13. The van der Waals surface area contributed by atoms with Gasteiger partial charge in [-0.2, -0.15) is 0 Å². The van der Waals surface area contributed by atoms with E-state index in [-0.39, 0.29) is 11.2 Å². The van der Waals surface area contributed by atoms with Gasteiger partial charge in [-0.1, -0.05) is 11.8 Å². The molecule has 0 aliphatic heterocycles. The summed E-state index contributed by atoms with van der Waals surface area (Å²) in [6, 6.07) is 3.77. The van der Waals surface area contributed by atoms with Crippen molar-refractivity contribution in [3.63, 3.8) is 0 Å². The lowest BCUT2D eigenvalue weighted by molar-refractivity contribution is -0.120. The van der Waals surface area contributed by atoms with Gasteiger partial charge in [0.25, 0.3) is 0 Å². The molecule has 23 heavy (non-hydrogen) atoms. The monoisotopic (exact) mass is 335 g/mol. The molecule has 1 atom stereocenters. The molecule has 0 aromatic carbocycles. The summed E-state index contributed by atoms with van der Waals surface area (Å²) < 4.78 is 7.15. The Morgan fingerprint density at radius 2 is 2.13 bits per heavy atom. The van der Waals surface area contributed by atoms with E-state index in [0.717, 1.165) is 11.4 Å². The first-order chi connectivity index (χ1) is 11.2. The zero-order chi connectivity index (χ0) is 16.7. The zero-order valence-corrected chi connectivity index (χ0v) is 14.3. The van der Waals surface area contributed by atoms with Gasteiger partial charge in [0, 0.05) is 31.6 Å². The van der Waals surface area contributed by atoms with Crippen LogP contribution in [-0.4, -0.2) is 51.2 Å². The highest BCUT2D eigenvalue weighted by molar-refractivity contribution is 8.00. The number of carbonyl (C=O) groups is 1. The van der Waals surface area contributed by atoms with E-state index in [0.29, 0.717) is 24.9 Å². The highest BCUT2D eigenvalue weighted by atomic mass is 32.2. The van der Waals surface area contributed by atoms with Crippen molar-refractivity contribution in [2.24, 2.45) is 0 Å². The molecule has 0 radical (unpaired) electrons. The molecule has 0 fully saturated rings. The van der Waals surface area contributed by atoms with Crippen LogP contribution in [0, 0.1) is 0 Å². The van der Waals surface area contributed by atoms with Crippen LogP contribution in [0.4, 0.5) is 0 Å². The van der Waals surface area contributed by atoms with Crippen LogP contribution < -0.4 is 5.32 Å². The molecule has 0 bridgehead atoms. The number of pyridine rings is 1. The number of carbonyl (C=O) groups excluding carboxylic acids is 1. The molecule has 7 nitrogen and oxygen atoms in total. The number of nitrogens with one attached hydrogen (secondary N) is 1. The molecule has 0 unspecified atom stereocenters. The predicted molar refractivity (Wildman–Crippen MR) is 89.1 cm³/mol. The Morgan fingerprint density at radius 3 is 2.78 bits per heavy atom. The second kappa shape index (κ2) is 8.64. The molecule has 2 rings (SSSR count). The summed E-state index contributed by atoms with van der Waals surface area (Å²) in [6.45, 7) is 5.53. The molecule has 0 spiro atoms. The first-order valence-corrected chi connectivity index (χ1v) is 8.32. The van der Waals surface area contributed by atoms with Crippen LogP contribution in [0.25, 0.3) is 11.4 Å². The first kappa shape index (κ1) is 17.4. The smallest absolute Gasteiger partial charge is 0.233 e. The maximum absolute atomic E-state index is 11.9. The summed E-state index contributed by atoms with van der Waals surface area (Å²) in [5, 5.41) is 11.8. The summed E-state index contributed by atoms with van der Waals surface area (Å²) in [5.41, 5.74) is 0.932. The Hall–Kier alpha value is -1.93. The van der Waals surface area contributed by atoms with Crippen molar-refractivity contribution in [3.05, 3.63) is 24.5 Å². The Labute approximate surface area is 139 Å². The van der Waals surface area contributed by atoms with Crippen LogP contribution in [0.5, 0.6) is 0 Å². The van der Waals surface area contributed by atoms with Crippen molar-refractivity contribution in [3.8, 4) is 11.4 Å². The molecule has 0 saturated carbocycles. The predicted octanol–water partition coefficient (Wildman–Crippen LogP) is 1.60. The van der Waals surface area contributed by atoms with Crippen molar-refractivity contribution >= 4 is 17.7 Å². The van der Waals surface area contributed by atoms with Crippen LogP contribution in [0.2, 0.25) is 0 Å². The lowest BCUT2D eigenvalue weighted by atomic mass is 10.2. The standard InChI is InChI=1S/C15H21N5O2S/c1-4-17-14(21)11(2)23-15-19-18-13(20(15)9-10-22-3)12-5-7-16-8-6-12/h5-8,11H,4,9-10H2,1-3H3,(H,17,21)/t11-/m1/s1. The molecule has 8 heteroatoms. The van der Waals surface area contributed by atoms with E-state index in [4.69, 9.17) is 4.74 Å². The SMILES string of the molecule is CCNC(=O)[C@@H](C)Sc1nnc(-c2ccncc2)n1CCOC. The minimum absolute atomic E-state index is 0.00995. The van der Waals surface area contributed by atoms with Crippen LogP contribution in [0.15, 0.2) is 29.7 Å². The van der Waals surface area contributed by atoms with Gasteiger partial charge < -0.3 is 10.1 Å². The number of thioether (sulfide) groups is 1. The number of nitrogens with zero attached hydrogens (tertiary/aromatic N) is 4. The summed E-state index contributed by atoms with van der Waals surface area (Å²) in [4.78, 5) is 15.9. The van der Waals surface area contributed by atoms with Crippen LogP contribution >= 0.6 is 11.8 Å².